The van der Waals surface area contributed by atoms with Crippen LogP contribution in [-0.4, -0.2) is 39.5 Å². The molecule has 7 heteroatoms. The first-order chi connectivity index (χ1) is 9.08. The minimum Gasteiger partial charge on any atom is -0.508 e. The van der Waals surface area contributed by atoms with Gasteiger partial charge in [0.25, 0.3) is 5.91 Å². The van der Waals surface area contributed by atoms with Gasteiger partial charge < -0.3 is 5.11 Å². The molecule has 0 aromatic heterocycles. The van der Waals surface area contributed by atoms with E-state index < -0.39 is 6.03 Å². The van der Waals surface area contributed by atoms with Crippen LogP contribution >= 0.6 is 0 Å². The van der Waals surface area contributed by atoms with Gasteiger partial charge in [0.1, 0.15) is 5.75 Å². The van der Waals surface area contributed by atoms with Gasteiger partial charge in [-0.3, -0.25) is 14.9 Å². The molecule has 0 radical (unpaired) electrons. The summed E-state index contributed by atoms with van der Waals surface area (Å²) in [4.78, 5) is 35.0. The molecule has 0 spiro atoms. The quantitative estimate of drug-likeness (QED) is 0.756. The summed E-state index contributed by atoms with van der Waals surface area (Å²) in [6.45, 7) is 0.285. The van der Waals surface area contributed by atoms with Crippen LogP contribution in [0.25, 0.3) is 0 Å². The molecule has 4 amide bonds. The molecule has 19 heavy (non-hydrogen) atoms. The summed E-state index contributed by atoms with van der Waals surface area (Å²) >= 11 is 0. The van der Waals surface area contributed by atoms with Gasteiger partial charge in [-0.25, -0.2) is 14.8 Å². The van der Waals surface area contributed by atoms with Crippen molar-refractivity contribution in [2.24, 2.45) is 0 Å². The summed E-state index contributed by atoms with van der Waals surface area (Å²) in [6, 6.07) is 4.06. The maximum absolute atomic E-state index is 12.2. The summed E-state index contributed by atoms with van der Waals surface area (Å²) in [5, 5.41) is 14.3. The lowest BCUT2D eigenvalue weighted by molar-refractivity contribution is -0.123. The number of carbonyl (C=O) groups excluding carboxylic acids is 3. The van der Waals surface area contributed by atoms with E-state index in [1.807, 2.05) is 0 Å². The molecule has 0 saturated carbocycles. The zero-order valence-electron chi connectivity index (χ0n) is 9.92. The molecule has 0 aliphatic carbocycles. The van der Waals surface area contributed by atoms with E-state index in [0.29, 0.717) is 11.1 Å². The Kier molecular flexibility index (Phi) is 2.41. The molecule has 2 aliphatic heterocycles. The molecule has 0 bridgehead atoms. The van der Waals surface area contributed by atoms with Crippen LogP contribution in [0, 0.1) is 0 Å². The summed E-state index contributed by atoms with van der Waals surface area (Å²) in [5.41, 5.74) is 0.877. The highest BCUT2D eigenvalue weighted by Gasteiger charge is 2.37. The molecule has 0 unspecified atom stereocenters. The SMILES string of the molecule is O=C1CCN(N2Cc3c(O)cccc3C2=O)C(=O)N1. The van der Waals surface area contributed by atoms with Crippen molar-refractivity contribution in [1.29, 1.82) is 0 Å². The van der Waals surface area contributed by atoms with Crippen molar-refractivity contribution in [1.82, 2.24) is 15.3 Å². The number of urea groups is 1. The van der Waals surface area contributed by atoms with E-state index in [0.717, 1.165) is 0 Å². The van der Waals surface area contributed by atoms with Crippen LogP contribution in [0.5, 0.6) is 5.75 Å². The Hall–Kier alpha value is -2.57. The molecule has 1 fully saturated rings. The number of phenolic OH excluding ortho intramolecular Hbond substituents is 1. The number of imide groups is 1. The minimum atomic E-state index is -0.614. The van der Waals surface area contributed by atoms with Crippen molar-refractivity contribution in [3.05, 3.63) is 29.3 Å². The molecule has 3 rings (SSSR count). The second-order valence-electron chi connectivity index (χ2n) is 4.39. The number of amides is 4. The summed E-state index contributed by atoms with van der Waals surface area (Å²) < 4.78 is 0. The van der Waals surface area contributed by atoms with Gasteiger partial charge in [-0.05, 0) is 12.1 Å². The van der Waals surface area contributed by atoms with E-state index in [4.69, 9.17) is 0 Å². The Morgan fingerprint density at radius 1 is 1.16 bits per heavy atom. The summed E-state index contributed by atoms with van der Waals surface area (Å²) in [6.07, 6.45) is 0.151. The molecule has 1 aromatic rings. The maximum atomic E-state index is 12.2. The number of hydrogen-bond acceptors (Lipinski definition) is 4. The third-order valence-corrected chi connectivity index (χ3v) is 3.25. The lowest BCUT2D eigenvalue weighted by atomic mass is 10.1. The Labute approximate surface area is 108 Å². The van der Waals surface area contributed by atoms with Gasteiger partial charge in [0.05, 0.1) is 18.7 Å². The van der Waals surface area contributed by atoms with Gasteiger partial charge in [-0.1, -0.05) is 6.07 Å². The maximum Gasteiger partial charge on any atom is 0.342 e. The molecular weight excluding hydrogens is 250 g/mol. The van der Waals surface area contributed by atoms with Crippen molar-refractivity contribution in [3.63, 3.8) is 0 Å². The number of fused-ring (bicyclic) bond motifs is 1. The Morgan fingerprint density at radius 3 is 2.63 bits per heavy atom. The topological polar surface area (TPSA) is 90.0 Å². The Balaban J connectivity index is 1.90. The van der Waals surface area contributed by atoms with Crippen LogP contribution in [0.2, 0.25) is 0 Å². The van der Waals surface area contributed by atoms with Gasteiger partial charge in [-0.15, -0.1) is 0 Å². The smallest absolute Gasteiger partial charge is 0.342 e. The highest BCUT2D eigenvalue weighted by Crippen LogP contribution is 2.31. The first-order valence-electron chi connectivity index (χ1n) is 5.82. The second-order valence-corrected chi connectivity index (χ2v) is 4.39. The van der Waals surface area contributed by atoms with Gasteiger partial charge in [0.2, 0.25) is 5.91 Å². The number of phenols is 1. The highest BCUT2D eigenvalue weighted by atomic mass is 16.3. The third-order valence-electron chi connectivity index (χ3n) is 3.25. The van der Waals surface area contributed by atoms with Gasteiger partial charge >= 0.3 is 6.03 Å². The van der Waals surface area contributed by atoms with Crippen LogP contribution in [0.15, 0.2) is 18.2 Å². The van der Waals surface area contributed by atoms with E-state index >= 15 is 0 Å². The fourth-order valence-electron chi connectivity index (χ4n) is 2.28. The predicted octanol–water partition coefficient (Wildman–Crippen LogP) is 0.205. The largest absolute Gasteiger partial charge is 0.508 e. The van der Waals surface area contributed by atoms with E-state index in [1.165, 1.54) is 16.1 Å². The number of aromatic hydroxyl groups is 1. The first-order valence-corrected chi connectivity index (χ1v) is 5.82. The molecule has 2 N–H and O–H groups in total. The van der Waals surface area contributed by atoms with Crippen LogP contribution < -0.4 is 5.32 Å². The molecule has 7 nitrogen and oxygen atoms in total. The average Bonchev–Trinajstić information content (AvgIpc) is 2.69. The van der Waals surface area contributed by atoms with Crippen LogP contribution in [-0.2, 0) is 11.3 Å². The summed E-state index contributed by atoms with van der Waals surface area (Å²) in [5.74, 6) is -0.675. The van der Waals surface area contributed by atoms with Gasteiger partial charge in [0, 0.05) is 12.0 Å². The lowest BCUT2D eigenvalue weighted by Gasteiger charge is -2.33. The fraction of sp³-hybridized carbons (Fsp3) is 0.250. The fourth-order valence-corrected chi connectivity index (χ4v) is 2.28. The van der Waals surface area contributed by atoms with Gasteiger partial charge in [0.15, 0.2) is 0 Å². The van der Waals surface area contributed by atoms with Crippen molar-refractivity contribution < 1.29 is 19.5 Å². The molecule has 2 heterocycles. The first kappa shape index (κ1) is 11.5. The zero-order valence-corrected chi connectivity index (χ0v) is 9.92. The molecule has 1 saturated heterocycles. The number of benzene rings is 1. The van der Waals surface area contributed by atoms with E-state index in [9.17, 15) is 19.5 Å². The normalized spacial score (nSPS) is 18.6. The van der Waals surface area contributed by atoms with Crippen LogP contribution in [0.3, 0.4) is 0 Å². The minimum absolute atomic E-state index is 0.0295. The van der Waals surface area contributed by atoms with Crippen molar-refractivity contribution in [3.8, 4) is 5.75 Å². The molecule has 1 aromatic carbocycles. The number of nitrogens with one attached hydrogen (secondary N) is 1. The van der Waals surface area contributed by atoms with Crippen LogP contribution in [0.4, 0.5) is 4.79 Å². The van der Waals surface area contributed by atoms with Crippen molar-refractivity contribution in [2.45, 2.75) is 13.0 Å². The monoisotopic (exact) mass is 261 g/mol. The van der Waals surface area contributed by atoms with E-state index in [2.05, 4.69) is 5.32 Å². The second kappa shape index (κ2) is 3.98. The molecule has 0 atom stereocenters. The number of rotatable bonds is 1. The van der Waals surface area contributed by atoms with E-state index in [-0.39, 0.29) is 37.1 Å². The summed E-state index contributed by atoms with van der Waals surface area (Å²) in [7, 11) is 0. The molecular formula is C12H11N3O4. The molecule has 98 valence electrons. The predicted molar refractivity (Wildman–Crippen MR) is 62.8 cm³/mol. The average molecular weight is 261 g/mol. The Bertz CT molecular complexity index is 599. The Morgan fingerprint density at radius 2 is 1.95 bits per heavy atom. The number of hydrazine groups is 1. The number of hydrogen-bond donors (Lipinski definition) is 2. The number of nitrogens with zero attached hydrogens (tertiary/aromatic N) is 2. The molecule has 2 aliphatic rings. The van der Waals surface area contributed by atoms with Crippen molar-refractivity contribution >= 4 is 17.8 Å². The van der Waals surface area contributed by atoms with E-state index in [1.54, 1.807) is 12.1 Å². The van der Waals surface area contributed by atoms with Crippen molar-refractivity contribution in [2.75, 3.05) is 6.54 Å². The third kappa shape index (κ3) is 1.70. The number of carbonyl (C=O) groups is 3. The van der Waals surface area contributed by atoms with Gasteiger partial charge in [-0.2, -0.15) is 0 Å². The highest BCUT2D eigenvalue weighted by molar-refractivity contribution is 6.02. The lowest BCUT2D eigenvalue weighted by Crippen LogP contribution is -2.56. The van der Waals surface area contributed by atoms with Crippen LogP contribution in [0.1, 0.15) is 22.3 Å². The zero-order chi connectivity index (χ0) is 13.6. The standard InChI is InChI=1S/C12H11N3O4/c16-9-3-1-2-7-8(9)6-15(11(7)18)14-5-4-10(17)13-12(14)19/h1-3,16H,4-6H2,(H,13,17,19).